The maximum absolute atomic E-state index is 11.4. The van der Waals surface area contributed by atoms with E-state index in [9.17, 15) is 9.59 Å². The molecule has 2 nitrogen and oxygen atoms in total. The van der Waals surface area contributed by atoms with Gasteiger partial charge in [-0.1, -0.05) is 23.2 Å². The summed E-state index contributed by atoms with van der Waals surface area (Å²) in [5.41, 5.74) is 0.513. The third-order valence-electron chi connectivity index (χ3n) is 1.95. The highest BCUT2D eigenvalue weighted by molar-refractivity contribution is 6.39. The van der Waals surface area contributed by atoms with E-state index in [0.29, 0.717) is 5.02 Å². The number of hydrogen-bond donors (Lipinski definition) is 0. The lowest BCUT2D eigenvalue weighted by Crippen LogP contribution is -2.12. The number of halogens is 2. The summed E-state index contributed by atoms with van der Waals surface area (Å²) in [4.78, 5) is 22.8. The average Bonchev–Trinajstić information content (AvgIpc) is 2.10. The molecule has 0 saturated heterocycles. The van der Waals surface area contributed by atoms with E-state index in [1.54, 1.807) is 0 Å². The van der Waals surface area contributed by atoms with Crippen LogP contribution >= 0.6 is 23.2 Å². The predicted octanol–water partition coefficient (Wildman–Crippen LogP) is 2.93. The molecule has 0 bridgehead atoms. The standard InChI is InChI=1S/C10H4Cl2O2/c11-5-3-6-8(13)1-2-9(14)10(6)7(12)4-5/h1-4H. The summed E-state index contributed by atoms with van der Waals surface area (Å²) in [5, 5.41) is 0.570. The fourth-order valence-corrected chi connectivity index (χ4v) is 1.93. The molecule has 0 fully saturated rings. The number of fused-ring (bicyclic) bond motifs is 1. The molecule has 0 saturated carbocycles. The molecule has 1 aliphatic carbocycles. The van der Waals surface area contributed by atoms with Crippen LogP contribution in [0.15, 0.2) is 24.3 Å². The maximum Gasteiger partial charge on any atom is 0.188 e. The molecule has 0 N–H and O–H groups in total. The molecule has 1 aromatic carbocycles. The fourth-order valence-electron chi connectivity index (χ4n) is 1.34. The van der Waals surface area contributed by atoms with Crippen molar-refractivity contribution >= 4 is 34.8 Å². The van der Waals surface area contributed by atoms with E-state index < -0.39 is 0 Å². The van der Waals surface area contributed by atoms with Gasteiger partial charge in [0, 0.05) is 10.6 Å². The molecule has 2 rings (SSSR count). The zero-order chi connectivity index (χ0) is 10.3. The number of rotatable bonds is 0. The SMILES string of the molecule is O=C1C=CC(=O)c2c(Cl)cc(Cl)cc21. The zero-order valence-corrected chi connectivity index (χ0v) is 8.39. The highest BCUT2D eigenvalue weighted by Gasteiger charge is 2.22. The Kier molecular flexibility index (Phi) is 2.17. The molecule has 0 aliphatic heterocycles. The summed E-state index contributed by atoms with van der Waals surface area (Å²) in [6.07, 6.45) is 2.43. The van der Waals surface area contributed by atoms with Crippen LogP contribution < -0.4 is 0 Å². The summed E-state index contributed by atoms with van der Waals surface area (Å²) in [6, 6.07) is 2.90. The largest absolute Gasteiger partial charge is 0.289 e. The Balaban J connectivity index is 2.78. The van der Waals surface area contributed by atoms with Crippen LogP contribution in [0.5, 0.6) is 0 Å². The van der Waals surface area contributed by atoms with E-state index in [1.807, 2.05) is 0 Å². The first kappa shape index (κ1) is 9.44. The Labute approximate surface area is 90.1 Å². The Hall–Kier alpha value is -1.12. The van der Waals surface area contributed by atoms with Crippen LogP contribution in [-0.2, 0) is 0 Å². The molecular formula is C10H4Cl2O2. The van der Waals surface area contributed by atoms with E-state index in [-0.39, 0.29) is 27.7 Å². The lowest BCUT2D eigenvalue weighted by Gasteiger charge is -2.10. The van der Waals surface area contributed by atoms with E-state index in [4.69, 9.17) is 23.2 Å². The fraction of sp³-hybridized carbons (Fsp3) is 0. The van der Waals surface area contributed by atoms with Crippen molar-refractivity contribution in [2.75, 3.05) is 0 Å². The van der Waals surface area contributed by atoms with Crippen LogP contribution in [0, 0.1) is 0 Å². The summed E-state index contributed by atoms with van der Waals surface area (Å²) in [5.74, 6) is -0.509. The quantitative estimate of drug-likeness (QED) is 0.682. The topological polar surface area (TPSA) is 34.1 Å². The molecular weight excluding hydrogens is 223 g/mol. The smallest absolute Gasteiger partial charge is 0.188 e. The third kappa shape index (κ3) is 1.37. The molecule has 0 heterocycles. The maximum atomic E-state index is 11.4. The molecule has 0 aromatic heterocycles. The molecule has 70 valence electrons. The summed E-state index contributed by atoms with van der Waals surface area (Å²) >= 11 is 11.5. The average molecular weight is 227 g/mol. The van der Waals surface area contributed by atoms with Crippen molar-refractivity contribution in [2.45, 2.75) is 0 Å². The van der Waals surface area contributed by atoms with Gasteiger partial charge in [-0.2, -0.15) is 0 Å². The number of carbonyl (C=O) groups excluding carboxylic acids is 2. The molecule has 14 heavy (non-hydrogen) atoms. The van der Waals surface area contributed by atoms with E-state index in [1.165, 1.54) is 24.3 Å². The molecule has 1 aromatic rings. The van der Waals surface area contributed by atoms with Crippen molar-refractivity contribution in [3.8, 4) is 0 Å². The number of ketones is 2. The third-order valence-corrected chi connectivity index (χ3v) is 2.47. The minimum Gasteiger partial charge on any atom is -0.289 e. The van der Waals surface area contributed by atoms with E-state index >= 15 is 0 Å². The summed E-state index contributed by atoms with van der Waals surface area (Å²) in [7, 11) is 0. The van der Waals surface area contributed by atoms with Gasteiger partial charge in [-0.05, 0) is 24.3 Å². The van der Waals surface area contributed by atoms with Gasteiger partial charge in [0.05, 0.1) is 10.6 Å². The van der Waals surface area contributed by atoms with Crippen molar-refractivity contribution in [1.29, 1.82) is 0 Å². The number of benzene rings is 1. The predicted molar refractivity (Wildman–Crippen MR) is 54.3 cm³/mol. The number of carbonyl (C=O) groups is 2. The van der Waals surface area contributed by atoms with Crippen LogP contribution in [0.25, 0.3) is 0 Å². The van der Waals surface area contributed by atoms with Crippen LogP contribution in [0.3, 0.4) is 0 Å². The van der Waals surface area contributed by atoms with Crippen molar-refractivity contribution in [3.63, 3.8) is 0 Å². The number of hydrogen-bond acceptors (Lipinski definition) is 2. The van der Waals surface area contributed by atoms with Gasteiger partial charge in [0.1, 0.15) is 0 Å². The van der Waals surface area contributed by atoms with Crippen molar-refractivity contribution in [3.05, 3.63) is 45.5 Å². The molecule has 0 atom stereocenters. The molecule has 0 radical (unpaired) electrons. The van der Waals surface area contributed by atoms with Gasteiger partial charge in [-0.15, -0.1) is 0 Å². The number of allylic oxidation sites excluding steroid dienone is 2. The first-order valence-corrected chi connectivity index (χ1v) is 4.61. The molecule has 0 spiro atoms. The minimum atomic E-state index is -0.263. The molecule has 0 unspecified atom stereocenters. The molecule has 1 aliphatic rings. The highest BCUT2D eigenvalue weighted by atomic mass is 35.5. The van der Waals surface area contributed by atoms with Crippen LogP contribution in [0.2, 0.25) is 10.0 Å². The molecule has 4 heteroatoms. The summed E-state index contributed by atoms with van der Waals surface area (Å²) in [6.45, 7) is 0. The second kappa shape index (κ2) is 3.23. The van der Waals surface area contributed by atoms with Crippen molar-refractivity contribution < 1.29 is 9.59 Å². The van der Waals surface area contributed by atoms with Gasteiger partial charge < -0.3 is 0 Å². The van der Waals surface area contributed by atoms with Crippen LogP contribution in [-0.4, -0.2) is 11.6 Å². The van der Waals surface area contributed by atoms with Gasteiger partial charge >= 0.3 is 0 Å². The highest BCUT2D eigenvalue weighted by Crippen LogP contribution is 2.28. The first-order chi connectivity index (χ1) is 6.59. The summed E-state index contributed by atoms with van der Waals surface area (Å²) < 4.78 is 0. The normalized spacial score (nSPS) is 14.4. The molecule has 0 amide bonds. The van der Waals surface area contributed by atoms with Crippen LogP contribution in [0.4, 0.5) is 0 Å². The lowest BCUT2D eigenvalue weighted by molar-refractivity contribution is 0.0994. The van der Waals surface area contributed by atoms with Gasteiger partial charge in [0.15, 0.2) is 11.6 Å². The van der Waals surface area contributed by atoms with Crippen molar-refractivity contribution in [1.82, 2.24) is 0 Å². The Morgan fingerprint density at radius 2 is 1.57 bits per heavy atom. The monoisotopic (exact) mass is 226 g/mol. The Bertz CT molecular complexity index is 475. The first-order valence-electron chi connectivity index (χ1n) is 3.85. The van der Waals surface area contributed by atoms with Crippen LogP contribution in [0.1, 0.15) is 20.7 Å². The minimum absolute atomic E-state index is 0.218. The second-order valence-electron chi connectivity index (χ2n) is 2.87. The second-order valence-corrected chi connectivity index (χ2v) is 3.72. The lowest BCUT2D eigenvalue weighted by atomic mass is 9.95. The van der Waals surface area contributed by atoms with Gasteiger partial charge in [0.2, 0.25) is 0 Å². The zero-order valence-electron chi connectivity index (χ0n) is 6.88. The Morgan fingerprint density at radius 1 is 0.929 bits per heavy atom. The van der Waals surface area contributed by atoms with E-state index in [0.717, 1.165) is 0 Å². The van der Waals surface area contributed by atoms with Gasteiger partial charge in [0.25, 0.3) is 0 Å². The Morgan fingerprint density at radius 3 is 2.29 bits per heavy atom. The van der Waals surface area contributed by atoms with Gasteiger partial charge in [-0.25, -0.2) is 0 Å². The van der Waals surface area contributed by atoms with Crippen molar-refractivity contribution in [2.24, 2.45) is 0 Å². The van der Waals surface area contributed by atoms with Gasteiger partial charge in [-0.3, -0.25) is 9.59 Å². The van der Waals surface area contributed by atoms with E-state index in [2.05, 4.69) is 0 Å².